The Kier molecular flexibility index (Phi) is 4.34. The highest BCUT2D eigenvalue weighted by molar-refractivity contribution is 7.93. The minimum absolute atomic E-state index is 0.156. The van der Waals surface area contributed by atoms with Crippen LogP contribution in [0.5, 0.6) is 0 Å². The van der Waals surface area contributed by atoms with Crippen molar-refractivity contribution in [3.63, 3.8) is 0 Å². The van der Waals surface area contributed by atoms with Gasteiger partial charge in [-0.1, -0.05) is 54.6 Å². The average molecular weight is 394 g/mol. The van der Waals surface area contributed by atoms with Crippen molar-refractivity contribution in [3.05, 3.63) is 72.3 Å². The van der Waals surface area contributed by atoms with Crippen LogP contribution in [0.25, 0.3) is 10.8 Å². The van der Waals surface area contributed by atoms with Crippen molar-refractivity contribution in [1.29, 1.82) is 0 Å². The van der Waals surface area contributed by atoms with E-state index in [-0.39, 0.29) is 6.10 Å². The smallest absolute Gasteiger partial charge is 0.265 e. The number of ether oxygens (including phenoxy) is 1. The number of morpholine rings is 1. The Balaban J connectivity index is 1.38. The summed E-state index contributed by atoms with van der Waals surface area (Å²) in [5, 5.41) is 1.78. The first kappa shape index (κ1) is 17.7. The second-order valence-electron chi connectivity index (χ2n) is 7.38. The van der Waals surface area contributed by atoms with Gasteiger partial charge in [0, 0.05) is 25.0 Å². The van der Waals surface area contributed by atoms with Crippen LogP contribution in [0, 0.1) is 0 Å². The quantitative estimate of drug-likeness (QED) is 0.682. The predicted octanol–water partition coefficient (Wildman–Crippen LogP) is 3.25. The van der Waals surface area contributed by atoms with Crippen LogP contribution < -0.4 is 4.31 Å². The number of hydrogen-bond acceptors (Lipinski definition) is 4. The summed E-state index contributed by atoms with van der Waals surface area (Å²) in [6.07, 6.45) is -0.156. The van der Waals surface area contributed by atoms with Crippen molar-refractivity contribution >= 4 is 26.5 Å². The third-order valence-corrected chi connectivity index (χ3v) is 7.34. The van der Waals surface area contributed by atoms with Gasteiger partial charge < -0.3 is 4.74 Å². The van der Waals surface area contributed by atoms with Crippen LogP contribution in [0.2, 0.25) is 0 Å². The molecule has 0 aromatic heterocycles. The third-order valence-electron chi connectivity index (χ3n) is 5.52. The molecule has 2 heterocycles. The fourth-order valence-electron chi connectivity index (χ4n) is 4.22. The monoisotopic (exact) mass is 394 g/mol. The summed E-state index contributed by atoms with van der Waals surface area (Å²) in [6, 6.07) is 21.6. The van der Waals surface area contributed by atoms with Crippen molar-refractivity contribution in [2.75, 3.05) is 30.5 Å². The lowest BCUT2D eigenvalue weighted by Gasteiger charge is -2.35. The normalized spacial score (nSPS) is 21.3. The van der Waals surface area contributed by atoms with Crippen LogP contribution >= 0.6 is 0 Å². The van der Waals surface area contributed by atoms with E-state index in [4.69, 9.17) is 4.74 Å². The van der Waals surface area contributed by atoms with Crippen molar-refractivity contribution < 1.29 is 13.2 Å². The molecule has 0 amide bonds. The van der Waals surface area contributed by atoms with Gasteiger partial charge >= 0.3 is 0 Å². The molecule has 0 spiro atoms. The zero-order valence-corrected chi connectivity index (χ0v) is 16.3. The summed E-state index contributed by atoms with van der Waals surface area (Å²) < 4.78 is 33.8. The van der Waals surface area contributed by atoms with Gasteiger partial charge in [-0.05, 0) is 23.1 Å². The van der Waals surface area contributed by atoms with Crippen molar-refractivity contribution in [1.82, 2.24) is 4.90 Å². The van der Waals surface area contributed by atoms with Crippen LogP contribution in [-0.2, 0) is 21.3 Å². The number of hydrogen-bond donors (Lipinski definition) is 0. The molecule has 0 radical (unpaired) electrons. The Morgan fingerprint density at radius 3 is 2.57 bits per heavy atom. The fraction of sp³-hybridized carbons (Fsp3) is 0.273. The largest absolute Gasteiger partial charge is 0.374 e. The first-order chi connectivity index (χ1) is 13.6. The van der Waals surface area contributed by atoms with Crippen LogP contribution in [0.15, 0.2) is 71.6 Å². The lowest BCUT2D eigenvalue weighted by molar-refractivity contribution is -0.0254. The number of benzene rings is 3. The minimum atomic E-state index is -3.54. The van der Waals surface area contributed by atoms with E-state index < -0.39 is 10.0 Å². The molecule has 28 heavy (non-hydrogen) atoms. The van der Waals surface area contributed by atoms with E-state index in [2.05, 4.69) is 17.0 Å². The van der Waals surface area contributed by atoms with Crippen molar-refractivity contribution in [3.8, 4) is 0 Å². The summed E-state index contributed by atoms with van der Waals surface area (Å²) in [4.78, 5) is 2.73. The maximum absolute atomic E-state index is 13.2. The highest BCUT2D eigenvalue weighted by Crippen LogP contribution is 2.42. The second-order valence-corrected chi connectivity index (χ2v) is 9.21. The molecule has 5 nitrogen and oxygen atoms in total. The molecular formula is C22H22N2O3S. The maximum atomic E-state index is 13.2. The highest BCUT2D eigenvalue weighted by Gasteiger charge is 2.37. The molecule has 3 aromatic rings. The zero-order chi connectivity index (χ0) is 19.1. The van der Waals surface area contributed by atoms with Crippen molar-refractivity contribution in [2.45, 2.75) is 17.5 Å². The summed E-state index contributed by atoms with van der Waals surface area (Å²) >= 11 is 0. The standard InChI is InChI=1S/C22H22N2O3S/c25-28(26)21-11-5-9-18-8-4-10-20(22(18)21)24(28)16-19-15-23(12-13-27-19)14-17-6-2-1-3-7-17/h1-11,19H,12-16H2. The van der Waals surface area contributed by atoms with E-state index in [1.807, 2.05) is 42.5 Å². The third kappa shape index (κ3) is 2.98. The number of anilines is 1. The summed E-state index contributed by atoms with van der Waals surface area (Å²) in [5.74, 6) is 0. The topological polar surface area (TPSA) is 49.9 Å². The summed E-state index contributed by atoms with van der Waals surface area (Å²) in [7, 11) is -3.54. The first-order valence-corrected chi connectivity index (χ1v) is 11.0. The number of nitrogens with zero attached hydrogens (tertiary/aromatic N) is 2. The molecule has 0 saturated carbocycles. The lowest BCUT2D eigenvalue weighted by atomic mass is 10.1. The van der Waals surface area contributed by atoms with Gasteiger partial charge in [-0.25, -0.2) is 8.42 Å². The van der Waals surface area contributed by atoms with E-state index in [9.17, 15) is 8.42 Å². The van der Waals surface area contributed by atoms with Crippen LogP contribution in [0.3, 0.4) is 0 Å². The van der Waals surface area contributed by atoms with Gasteiger partial charge in [-0.2, -0.15) is 0 Å². The van der Waals surface area contributed by atoms with E-state index in [1.54, 1.807) is 12.1 Å². The molecule has 0 bridgehead atoms. The molecule has 0 N–H and O–H groups in total. The zero-order valence-electron chi connectivity index (χ0n) is 15.5. The van der Waals surface area contributed by atoms with Crippen LogP contribution in [0.1, 0.15) is 5.56 Å². The van der Waals surface area contributed by atoms with Gasteiger partial charge in [0.25, 0.3) is 10.0 Å². The molecule has 144 valence electrons. The molecule has 5 rings (SSSR count). The predicted molar refractivity (Wildman–Crippen MR) is 110 cm³/mol. The maximum Gasteiger partial charge on any atom is 0.265 e. The molecular weight excluding hydrogens is 372 g/mol. The first-order valence-electron chi connectivity index (χ1n) is 9.55. The Morgan fingerprint density at radius 2 is 1.75 bits per heavy atom. The molecule has 1 atom stereocenters. The number of rotatable bonds is 4. The van der Waals surface area contributed by atoms with Gasteiger partial charge in [0.2, 0.25) is 0 Å². The highest BCUT2D eigenvalue weighted by atomic mass is 32.2. The second kappa shape index (κ2) is 6.88. The Bertz CT molecular complexity index is 1110. The molecule has 1 unspecified atom stereocenters. The Morgan fingerprint density at radius 1 is 0.964 bits per heavy atom. The molecule has 0 aliphatic carbocycles. The van der Waals surface area contributed by atoms with E-state index >= 15 is 0 Å². The van der Waals surface area contributed by atoms with E-state index in [0.717, 1.165) is 29.5 Å². The van der Waals surface area contributed by atoms with Crippen LogP contribution in [0.4, 0.5) is 5.69 Å². The van der Waals surface area contributed by atoms with Crippen molar-refractivity contribution in [2.24, 2.45) is 0 Å². The average Bonchev–Trinajstić information content (AvgIpc) is 2.93. The summed E-state index contributed by atoms with van der Waals surface area (Å²) in [5.41, 5.74) is 2.02. The molecule has 1 fully saturated rings. The molecule has 2 aliphatic rings. The fourth-order valence-corrected chi connectivity index (χ4v) is 5.96. The Labute approximate surface area is 165 Å². The minimum Gasteiger partial charge on any atom is -0.374 e. The number of sulfonamides is 1. The van der Waals surface area contributed by atoms with Gasteiger partial charge in [-0.15, -0.1) is 0 Å². The van der Waals surface area contributed by atoms with E-state index in [1.165, 1.54) is 9.87 Å². The lowest BCUT2D eigenvalue weighted by Crippen LogP contribution is -2.47. The molecule has 3 aromatic carbocycles. The summed E-state index contributed by atoms with van der Waals surface area (Å²) in [6.45, 7) is 3.37. The SMILES string of the molecule is O=S1(=O)c2cccc3cccc(c23)N1CC1CN(Cc2ccccc2)CCO1. The Hall–Kier alpha value is -2.41. The van der Waals surface area contributed by atoms with Gasteiger partial charge in [0.15, 0.2) is 0 Å². The van der Waals surface area contributed by atoms with Gasteiger partial charge in [0.1, 0.15) is 0 Å². The molecule has 6 heteroatoms. The van der Waals surface area contributed by atoms with Gasteiger partial charge in [0.05, 0.1) is 29.8 Å². The molecule has 2 aliphatic heterocycles. The van der Waals surface area contributed by atoms with Gasteiger partial charge in [-0.3, -0.25) is 9.21 Å². The van der Waals surface area contributed by atoms with E-state index in [0.29, 0.717) is 24.6 Å². The van der Waals surface area contributed by atoms with Crippen LogP contribution in [-0.4, -0.2) is 45.7 Å². The molecule has 1 saturated heterocycles.